The first kappa shape index (κ1) is 18.6. The van der Waals surface area contributed by atoms with Gasteiger partial charge in [-0.05, 0) is 37.8 Å². The van der Waals surface area contributed by atoms with E-state index in [1.54, 1.807) is 6.92 Å². The molecule has 1 N–H and O–H groups in total. The third-order valence-corrected chi connectivity index (χ3v) is 5.00. The smallest absolute Gasteiger partial charge is 0.359 e. The third-order valence-electron chi connectivity index (χ3n) is 4.66. The molecule has 0 amide bonds. The van der Waals surface area contributed by atoms with Crippen LogP contribution in [0.1, 0.15) is 53.7 Å². The molecule has 1 aliphatic carbocycles. The number of fused-ring (bicyclic) bond motifs is 1. The SMILES string of the molecule is CCOC(=O)c1nn2cc(-c3ccc(Cl)c(C(F)F)c3)[nH]c(=O)c2c1C1CC1. The van der Waals surface area contributed by atoms with E-state index in [0.29, 0.717) is 11.1 Å². The molecule has 1 aliphatic rings. The summed E-state index contributed by atoms with van der Waals surface area (Å²) in [5.74, 6) is -0.495. The molecule has 6 nitrogen and oxygen atoms in total. The Bertz CT molecular complexity index is 1140. The second kappa shape index (κ2) is 7.01. The number of nitrogens with one attached hydrogen (secondary N) is 1. The fraction of sp³-hybridized carbons (Fsp3) is 0.316. The van der Waals surface area contributed by atoms with E-state index in [-0.39, 0.29) is 40.0 Å². The maximum Gasteiger partial charge on any atom is 0.359 e. The van der Waals surface area contributed by atoms with Gasteiger partial charge >= 0.3 is 5.97 Å². The van der Waals surface area contributed by atoms with Gasteiger partial charge in [-0.15, -0.1) is 0 Å². The van der Waals surface area contributed by atoms with E-state index in [1.165, 1.54) is 28.9 Å². The van der Waals surface area contributed by atoms with Crippen LogP contribution in [0, 0.1) is 0 Å². The highest BCUT2D eigenvalue weighted by Gasteiger charge is 2.34. The summed E-state index contributed by atoms with van der Waals surface area (Å²) in [7, 11) is 0. The highest BCUT2D eigenvalue weighted by molar-refractivity contribution is 6.31. The van der Waals surface area contributed by atoms with Gasteiger partial charge in [0.25, 0.3) is 12.0 Å². The fourth-order valence-corrected chi connectivity index (χ4v) is 3.44. The number of aromatic nitrogens is 3. The van der Waals surface area contributed by atoms with Gasteiger partial charge < -0.3 is 9.72 Å². The molecule has 3 aromatic rings. The molecule has 2 aromatic heterocycles. The highest BCUT2D eigenvalue weighted by Crippen LogP contribution is 2.43. The van der Waals surface area contributed by atoms with E-state index in [2.05, 4.69) is 10.1 Å². The summed E-state index contributed by atoms with van der Waals surface area (Å²) >= 11 is 5.81. The van der Waals surface area contributed by atoms with Crippen molar-refractivity contribution in [1.29, 1.82) is 0 Å². The summed E-state index contributed by atoms with van der Waals surface area (Å²) in [6.07, 6.45) is 0.488. The van der Waals surface area contributed by atoms with Crippen molar-refractivity contribution in [3.05, 3.63) is 56.6 Å². The second-order valence-corrected chi connectivity index (χ2v) is 6.99. The lowest BCUT2D eigenvalue weighted by atomic mass is 10.1. The Morgan fingerprint density at radius 3 is 2.82 bits per heavy atom. The Morgan fingerprint density at radius 1 is 1.43 bits per heavy atom. The number of rotatable bonds is 5. The van der Waals surface area contributed by atoms with Crippen molar-refractivity contribution < 1.29 is 18.3 Å². The van der Waals surface area contributed by atoms with Crippen molar-refractivity contribution in [3.8, 4) is 11.3 Å². The maximum absolute atomic E-state index is 13.1. The molecule has 0 aliphatic heterocycles. The van der Waals surface area contributed by atoms with Gasteiger partial charge in [0.15, 0.2) is 5.69 Å². The van der Waals surface area contributed by atoms with Crippen molar-refractivity contribution >= 4 is 23.1 Å². The van der Waals surface area contributed by atoms with Gasteiger partial charge in [-0.2, -0.15) is 5.10 Å². The van der Waals surface area contributed by atoms with E-state index in [0.717, 1.165) is 12.8 Å². The summed E-state index contributed by atoms with van der Waals surface area (Å²) in [5.41, 5.74) is 0.850. The van der Waals surface area contributed by atoms with Crippen LogP contribution in [0.2, 0.25) is 5.02 Å². The van der Waals surface area contributed by atoms with Gasteiger partial charge in [0.05, 0.1) is 18.5 Å². The monoisotopic (exact) mass is 407 g/mol. The van der Waals surface area contributed by atoms with Crippen LogP contribution in [-0.2, 0) is 4.74 Å². The molecule has 0 saturated heterocycles. The van der Waals surface area contributed by atoms with E-state index in [4.69, 9.17) is 16.3 Å². The molecule has 0 unspecified atom stereocenters. The Hall–Kier alpha value is -2.74. The van der Waals surface area contributed by atoms with Gasteiger partial charge in [-0.25, -0.2) is 18.1 Å². The number of aromatic amines is 1. The molecule has 146 valence electrons. The highest BCUT2D eigenvalue weighted by atomic mass is 35.5. The zero-order valence-corrected chi connectivity index (χ0v) is 15.6. The lowest BCUT2D eigenvalue weighted by Crippen LogP contribution is -2.12. The van der Waals surface area contributed by atoms with Crippen LogP contribution in [0.4, 0.5) is 8.78 Å². The molecule has 28 heavy (non-hydrogen) atoms. The number of nitrogens with zero attached hydrogens (tertiary/aromatic N) is 2. The number of benzene rings is 1. The molecule has 1 saturated carbocycles. The lowest BCUT2D eigenvalue weighted by Gasteiger charge is -2.08. The van der Waals surface area contributed by atoms with Crippen LogP contribution < -0.4 is 5.56 Å². The quantitative estimate of drug-likeness (QED) is 0.638. The molecule has 0 atom stereocenters. The standard InChI is InChI=1S/C19H16ClF2N3O3/c1-2-28-19(27)15-14(9-3-4-9)16-18(26)23-13(8-25(16)24-15)10-5-6-12(20)11(7-10)17(21)22/h5-9,17H,2-4H2,1H3,(H,23,26). The lowest BCUT2D eigenvalue weighted by molar-refractivity contribution is 0.0517. The molecule has 4 rings (SSSR count). The zero-order chi connectivity index (χ0) is 20.0. The summed E-state index contributed by atoms with van der Waals surface area (Å²) < 4.78 is 32.7. The number of carbonyl (C=O) groups is 1. The first-order chi connectivity index (χ1) is 13.4. The van der Waals surface area contributed by atoms with E-state index in [9.17, 15) is 18.4 Å². The van der Waals surface area contributed by atoms with Gasteiger partial charge in [-0.1, -0.05) is 17.7 Å². The molecule has 0 radical (unpaired) electrons. The molecular weight excluding hydrogens is 392 g/mol. The predicted octanol–water partition coefficient (Wildman–Crippen LogP) is 4.33. The normalized spacial score (nSPS) is 14.0. The molecular formula is C19H16ClF2N3O3. The van der Waals surface area contributed by atoms with Crippen molar-refractivity contribution in [2.24, 2.45) is 0 Å². The van der Waals surface area contributed by atoms with Crippen LogP contribution in [0.3, 0.4) is 0 Å². The summed E-state index contributed by atoms with van der Waals surface area (Å²) in [4.78, 5) is 27.7. The molecule has 2 heterocycles. The Balaban J connectivity index is 1.89. The Kier molecular flexibility index (Phi) is 4.66. The second-order valence-electron chi connectivity index (χ2n) is 6.58. The molecule has 1 fully saturated rings. The fourth-order valence-electron chi connectivity index (χ4n) is 3.24. The summed E-state index contributed by atoms with van der Waals surface area (Å²) in [6.45, 7) is 1.89. The van der Waals surface area contributed by atoms with Crippen LogP contribution in [0.15, 0.2) is 29.2 Å². The third kappa shape index (κ3) is 3.17. The number of hydrogen-bond donors (Lipinski definition) is 1. The Labute approximate surface area is 163 Å². The topological polar surface area (TPSA) is 76.5 Å². The maximum atomic E-state index is 13.1. The molecule has 1 aromatic carbocycles. The predicted molar refractivity (Wildman–Crippen MR) is 99.1 cm³/mol. The van der Waals surface area contributed by atoms with Crippen LogP contribution >= 0.6 is 11.6 Å². The van der Waals surface area contributed by atoms with Crippen molar-refractivity contribution in [2.45, 2.75) is 32.1 Å². The van der Waals surface area contributed by atoms with Crippen LogP contribution in [0.25, 0.3) is 16.8 Å². The Morgan fingerprint density at radius 2 is 2.18 bits per heavy atom. The zero-order valence-electron chi connectivity index (χ0n) is 14.8. The number of esters is 1. The van der Waals surface area contributed by atoms with Gasteiger partial charge in [0.2, 0.25) is 0 Å². The van der Waals surface area contributed by atoms with Crippen molar-refractivity contribution in [1.82, 2.24) is 14.6 Å². The molecule has 0 bridgehead atoms. The van der Waals surface area contributed by atoms with Crippen LogP contribution in [-0.4, -0.2) is 27.2 Å². The van der Waals surface area contributed by atoms with Gasteiger partial charge in [0, 0.05) is 21.7 Å². The van der Waals surface area contributed by atoms with E-state index < -0.39 is 18.0 Å². The van der Waals surface area contributed by atoms with E-state index >= 15 is 0 Å². The minimum absolute atomic E-state index is 0.0538. The summed E-state index contributed by atoms with van der Waals surface area (Å²) in [5, 5.41) is 4.21. The number of ether oxygens (including phenoxy) is 1. The average molecular weight is 408 g/mol. The summed E-state index contributed by atoms with van der Waals surface area (Å²) in [6, 6.07) is 4.11. The first-order valence-corrected chi connectivity index (χ1v) is 9.19. The molecule has 0 spiro atoms. The number of hydrogen-bond acceptors (Lipinski definition) is 4. The van der Waals surface area contributed by atoms with Crippen molar-refractivity contribution in [2.75, 3.05) is 6.61 Å². The number of carbonyl (C=O) groups excluding carboxylic acids is 1. The minimum atomic E-state index is -2.75. The van der Waals surface area contributed by atoms with Gasteiger partial charge in [-0.3, -0.25) is 4.79 Å². The van der Waals surface area contributed by atoms with Crippen molar-refractivity contribution in [3.63, 3.8) is 0 Å². The number of alkyl halides is 2. The number of halogens is 3. The average Bonchev–Trinajstić information content (AvgIpc) is 3.41. The molecule has 9 heteroatoms. The van der Waals surface area contributed by atoms with Gasteiger partial charge in [0.1, 0.15) is 5.52 Å². The first-order valence-electron chi connectivity index (χ1n) is 8.81. The van der Waals surface area contributed by atoms with E-state index in [1.807, 2.05) is 0 Å². The largest absolute Gasteiger partial charge is 0.461 e. The minimum Gasteiger partial charge on any atom is -0.461 e. The number of H-pyrrole nitrogens is 1. The van der Waals surface area contributed by atoms with Crippen LogP contribution in [0.5, 0.6) is 0 Å².